The third-order valence-electron chi connectivity index (χ3n) is 0.755. The number of amides is 2. The van der Waals surface area contributed by atoms with Crippen molar-refractivity contribution in [2.75, 3.05) is 14.1 Å². The van der Waals surface area contributed by atoms with Gasteiger partial charge in [-0.3, -0.25) is 9.59 Å². The lowest BCUT2D eigenvalue weighted by atomic mass is 9.76. The number of carbonyl (C=O) groups is 2. The van der Waals surface area contributed by atoms with Crippen molar-refractivity contribution in [3.8, 4) is 0 Å². The van der Waals surface area contributed by atoms with Crippen LogP contribution in [0.1, 0.15) is 0 Å². The first kappa shape index (κ1) is 8.00. The lowest BCUT2D eigenvalue weighted by molar-refractivity contribution is 0.256. The molecule has 0 aromatic heterocycles. The molecular weight excluding hydrogens is 119 g/mol. The molecule has 49 valence electrons. The highest BCUT2D eigenvalue weighted by Gasteiger charge is 2.07. The van der Waals surface area contributed by atoms with E-state index in [-0.39, 0.29) is 0 Å². The minimum atomic E-state index is -0.394. The Balaban J connectivity index is 3.47. The van der Waals surface area contributed by atoms with Gasteiger partial charge in [-0.15, -0.1) is 0 Å². The van der Waals surface area contributed by atoms with Gasteiger partial charge in [0, 0.05) is 14.1 Å². The average molecular weight is 127 g/mol. The zero-order valence-electron chi connectivity index (χ0n) is 5.39. The molecule has 0 spiro atoms. The van der Waals surface area contributed by atoms with Crippen molar-refractivity contribution in [1.82, 2.24) is 10.6 Å². The van der Waals surface area contributed by atoms with E-state index in [0.717, 1.165) is 7.28 Å². The van der Waals surface area contributed by atoms with Crippen LogP contribution in [0, 0.1) is 0 Å². The van der Waals surface area contributed by atoms with E-state index >= 15 is 0 Å². The summed E-state index contributed by atoms with van der Waals surface area (Å²) in [6.07, 6.45) is 0. The number of rotatable bonds is 2. The molecule has 4 nitrogen and oxygen atoms in total. The lowest BCUT2D eigenvalue weighted by Gasteiger charge is -1.94. The maximum atomic E-state index is 10.4. The summed E-state index contributed by atoms with van der Waals surface area (Å²) in [5.41, 5.74) is 0. The quantitative estimate of drug-likeness (QED) is 0.485. The van der Waals surface area contributed by atoms with Gasteiger partial charge >= 0.3 is 7.28 Å². The Labute approximate surface area is 54.2 Å². The fourth-order valence-electron chi connectivity index (χ4n) is 0.263. The van der Waals surface area contributed by atoms with Crippen LogP contribution in [-0.4, -0.2) is 33.0 Å². The predicted octanol–water partition coefficient (Wildman–Crippen LogP) is -0.631. The molecular formula is C4H8BN2O2. The minimum absolute atomic E-state index is 0.394. The van der Waals surface area contributed by atoms with Crippen molar-refractivity contribution in [2.45, 2.75) is 0 Å². The fraction of sp³-hybridized carbons (Fsp3) is 0.500. The first-order valence-corrected chi connectivity index (χ1v) is 2.49. The Morgan fingerprint density at radius 2 is 1.44 bits per heavy atom. The van der Waals surface area contributed by atoms with Crippen LogP contribution in [0.5, 0.6) is 0 Å². The molecule has 0 fully saturated rings. The van der Waals surface area contributed by atoms with Gasteiger partial charge in [0.1, 0.15) is 0 Å². The highest BCUT2D eigenvalue weighted by atomic mass is 16.2. The summed E-state index contributed by atoms with van der Waals surface area (Å²) < 4.78 is 0. The first-order chi connectivity index (χ1) is 4.20. The van der Waals surface area contributed by atoms with Gasteiger partial charge in [0.15, 0.2) is 11.6 Å². The summed E-state index contributed by atoms with van der Waals surface area (Å²) in [4.78, 5) is 20.7. The van der Waals surface area contributed by atoms with E-state index in [1.165, 1.54) is 14.1 Å². The third-order valence-corrected chi connectivity index (χ3v) is 0.755. The average Bonchev–Trinajstić information content (AvgIpc) is 1.87. The van der Waals surface area contributed by atoms with Gasteiger partial charge in [-0.05, 0) is 0 Å². The summed E-state index contributed by atoms with van der Waals surface area (Å²) in [7, 11) is 3.86. The maximum Gasteiger partial charge on any atom is 0.349 e. The zero-order chi connectivity index (χ0) is 7.28. The Kier molecular flexibility index (Phi) is 3.51. The second-order valence-corrected chi connectivity index (χ2v) is 1.37. The zero-order valence-corrected chi connectivity index (χ0v) is 5.39. The molecule has 5 heteroatoms. The van der Waals surface area contributed by atoms with Gasteiger partial charge in [-0.2, -0.15) is 0 Å². The van der Waals surface area contributed by atoms with Crippen LogP contribution in [0.4, 0.5) is 9.59 Å². The Morgan fingerprint density at radius 1 is 1.11 bits per heavy atom. The minimum Gasteiger partial charge on any atom is -0.368 e. The molecule has 0 bridgehead atoms. The van der Waals surface area contributed by atoms with E-state index in [0.29, 0.717) is 0 Å². The molecule has 0 aliphatic rings. The lowest BCUT2D eigenvalue weighted by Crippen LogP contribution is -2.34. The van der Waals surface area contributed by atoms with Gasteiger partial charge in [0.05, 0.1) is 0 Å². The second kappa shape index (κ2) is 3.94. The molecule has 0 saturated carbocycles. The van der Waals surface area contributed by atoms with Crippen LogP contribution < -0.4 is 10.6 Å². The van der Waals surface area contributed by atoms with Crippen molar-refractivity contribution >= 4 is 18.9 Å². The van der Waals surface area contributed by atoms with Gasteiger partial charge in [-0.1, -0.05) is 0 Å². The third kappa shape index (κ3) is 3.58. The number of carbonyl (C=O) groups excluding carboxylic acids is 2. The van der Waals surface area contributed by atoms with E-state index in [9.17, 15) is 9.59 Å². The molecule has 0 saturated heterocycles. The number of hydrogen-bond acceptors (Lipinski definition) is 2. The molecule has 2 N–H and O–H groups in total. The van der Waals surface area contributed by atoms with Crippen molar-refractivity contribution in [1.29, 1.82) is 0 Å². The van der Waals surface area contributed by atoms with Crippen molar-refractivity contribution in [3.63, 3.8) is 0 Å². The fourth-order valence-corrected chi connectivity index (χ4v) is 0.263. The normalized spacial score (nSPS) is 7.78. The van der Waals surface area contributed by atoms with Gasteiger partial charge in [0.2, 0.25) is 0 Å². The molecule has 9 heavy (non-hydrogen) atoms. The van der Waals surface area contributed by atoms with Gasteiger partial charge in [-0.25, -0.2) is 0 Å². The monoisotopic (exact) mass is 127 g/mol. The van der Waals surface area contributed by atoms with Crippen LogP contribution in [0.25, 0.3) is 0 Å². The van der Waals surface area contributed by atoms with Crippen LogP contribution in [0.3, 0.4) is 0 Å². The topological polar surface area (TPSA) is 58.2 Å². The van der Waals surface area contributed by atoms with E-state index in [2.05, 4.69) is 10.6 Å². The molecule has 0 aliphatic carbocycles. The summed E-state index contributed by atoms with van der Waals surface area (Å²) in [5.74, 6) is -0.788. The SMILES string of the molecule is CNC(=O)[B]C(=O)NC. The summed E-state index contributed by atoms with van der Waals surface area (Å²) in [6.45, 7) is 0. The molecule has 0 heterocycles. The Morgan fingerprint density at radius 3 is 1.67 bits per heavy atom. The predicted molar refractivity (Wildman–Crippen MR) is 34.7 cm³/mol. The molecule has 0 aliphatic heterocycles. The molecule has 0 rings (SSSR count). The summed E-state index contributed by atoms with van der Waals surface area (Å²) in [5, 5.41) is 4.55. The summed E-state index contributed by atoms with van der Waals surface area (Å²) in [6, 6.07) is 0. The van der Waals surface area contributed by atoms with Crippen LogP contribution in [-0.2, 0) is 0 Å². The smallest absolute Gasteiger partial charge is 0.349 e. The van der Waals surface area contributed by atoms with Gasteiger partial charge < -0.3 is 10.6 Å². The van der Waals surface area contributed by atoms with Crippen molar-refractivity contribution in [3.05, 3.63) is 0 Å². The Hall–Kier alpha value is -0.995. The molecule has 1 radical (unpaired) electrons. The van der Waals surface area contributed by atoms with E-state index in [4.69, 9.17) is 0 Å². The molecule has 2 amide bonds. The number of hydrogen-bond donors (Lipinski definition) is 2. The molecule has 0 aromatic carbocycles. The largest absolute Gasteiger partial charge is 0.368 e. The van der Waals surface area contributed by atoms with Crippen LogP contribution in [0.2, 0.25) is 0 Å². The maximum absolute atomic E-state index is 10.4. The molecule has 0 unspecified atom stereocenters. The first-order valence-electron chi connectivity index (χ1n) is 2.49. The standard InChI is InChI=1S/C4H8BN2O2/c1-6-3(8)5-4(9)7-2/h1-2H3,(H,6,8)(H,7,9). The van der Waals surface area contributed by atoms with Crippen molar-refractivity contribution < 1.29 is 9.59 Å². The van der Waals surface area contributed by atoms with E-state index in [1.54, 1.807) is 0 Å². The summed E-state index contributed by atoms with van der Waals surface area (Å²) >= 11 is 0. The van der Waals surface area contributed by atoms with Crippen molar-refractivity contribution in [2.24, 2.45) is 0 Å². The van der Waals surface area contributed by atoms with Crippen LogP contribution >= 0.6 is 0 Å². The molecule has 0 aromatic rings. The molecule has 0 atom stereocenters. The highest BCUT2D eigenvalue weighted by molar-refractivity contribution is 6.96. The highest BCUT2D eigenvalue weighted by Crippen LogP contribution is 1.67. The van der Waals surface area contributed by atoms with E-state index in [1.807, 2.05) is 0 Å². The second-order valence-electron chi connectivity index (χ2n) is 1.37. The van der Waals surface area contributed by atoms with E-state index < -0.39 is 11.6 Å². The van der Waals surface area contributed by atoms with Gasteiger partial charge in [0.25, 0.3) is 0 Å². The van der Waals surface area contributed by atoms with Crippen LogP contribution in [0.15, 0.2) is 0 Å². The number of nitrogens with one attached hydrogen (secondary N) is 2. The Bertz CT molecular complexity index is 112.